The Kier molecular flexibility index (Phi) is 4.25. The lowest BCUT2D eigenvalue weighted by atomic mass is 10.0. The van der Waals surface area contributed by atoms with E-state index in [1.165, 1.54) is 20.3 Å². The van der Waals surface area contributed by atoms with Crippen molar-refractivity contribution in [1.29, 1.82) is 0 Å². The molecule has 0 amide bonds. The Morgan fingerprint density at radius 2 is 1.70 bits per heavy atom. The highest BCUT2D eigenvalue weighted by atomic mass is 35.5. The van der Waals surface area contributed by atoms with Crippen LogP contribution in [0.3, 0.4) is 0 Å². The van der Waals surface area contributed by atoms with Gasteiger partial charge in [-0.3, -0.25) is 4.79 Å². The standard InChI is InChI=1S/C15H12ClFO3/c1-19-13-4-3-9(7-14(13)20-2)15(18)10-5-11(16)8-12(17)6-10/h3-8H,1-2H3. The summed E-state index contributed by atoms with van der Waals surface area (Å²) in [6.45, 7) is 0. The quantitative estimate of drug-likeness (QED) is 0.806. The number of carbonyl (C=O) groups excluding carboxylic acids is 1. The maximum absolute atomic E-state index is 13.3. The average Bonchev–Trinajstić information content (AvgIpc) is 2.44. The molecule has 0 aliphatic heterocycles. The molecule has 2 rings (SSSR count). The Balaban J connectivity index is 2.42. The molecule has 0 spiro atoms. The Labute approximate surface area is 120 Å². The van der Waals surface area contributed by atoms with Crippen LogP contribution in [0.1, 0.15) is 15.9 Å². The van der Waals surface area contributed by atoms with Crippen molar-refractivity contribution in [3.63, 3.8) is 0 Å². The molecule has 0 heterocycles. The van der Waals surface area contributed by atoms with Gasteiger partial charge in [-0.25, -0.2) is 4.39 Å². The number of methoxy groups -OCH3 is 2. The van der Waals surface area contributed by atoms with Crippen molar-refractivity contribution in [3.8, 4) is 11.5 Å². The van der Waals surface area contributed by atoms with E-state index in [4.69, 9.17) is 21.1 Å². The zero-order chi connectivity index (χ0) is 14.7. The first kappa shape index (κ1) is 14.3. The maximum atomic E-state index is 13.3. The summed E-state index contributed by atoms with van der Waals surface area (Å²) in [5.74, 6) is 0.0517. The van der Waals surface area contributed by atoms with Gasteiger partial charge in [-0.05, 0) is 36.4 Å². The van der Waals surface area contributed by atoms with E-state index in [0.29, 0.717) is 17.1 Å². The van der Waals surface area contributed by atoms with E-state index in [-0.39, 0.29) is 16.4 Å². The topological polar surface area (TPSA) is 35.5 Å². The molecule has 0 bridgehead atoms. The first-order valence-corrected chi connectivity index (χ1v) is 6.15. The molecule has 0 saturated heterocycles. The molecule has 0 unspecified atom stereocenters. The van der Waals surface area contributed by atoms with Crippen LogP contribution in [-0.2, 0) is 0 Å². The molecule has 2 aromatic carbocycles. The lowest BCUT2D eigenvalue weighted by Gasteiger charge is -2.09. The molecule has 2 aromatic rings. The van der Waals surface area contributed by atoms with E-state index in [1.807, 2.05) is 0 Å². The third kappa shape index (κ3) is 2.91. The van der Waals surface area contributed by atoms with Gasteiger partial charge in [0.25, 0.3) is 0 Å². The summed E-state index contributed by atoms with van der Waals surface area (Å²) in [4.78, 5) is 12.3. The van der Waals surface area contributed by atoms with Gasteiger partial charge >= 0.3 is 0 Å². The van der Waals surface area contributed by atoms with Crippen LogP contribution in [0, 0.1) is 5.82 Å². The summed E-state index contributed by atoms with van der Waals surface area (Å²) >= 11 is 5.75. The first-order valence-electron chi connectivity index (χ1n) is 5.78. The van der Waals surface area contributed by atoms with Crippen molar-refractivity contribution in [2.75, 3.05) is 14.2 Å². The average molecular weight is 295 g/mol. The Morgan fingerprint density at radius 3 is 2.30 bits per heavy atom. The Bertz CT molecular complexity index is 635. The molecule has 0 saturated carbocycles. The number of ketones is 1. The van der Waals surface area contributed by atoms with Gasteiger partial charge in [-0.2, -0.15) is 0 Å². The fourth-order valence-electron chi connectivity index (χ4n) is 1.83. The summed E-state index contributed by atoms with van der Waals surface area (Å²) in [7, 11) is 2.98. The minimum Gasteiger partial charge on any atom is -0.493 e. The summed E-state index contributed by atoms with van der Waals surface area (Å²) in [5.41, 5.74) is 0.548. The molecule has 0 aliphatic rings. The number of halogens is 2. The van der Waals surface area contributed by atoms with Crippen molar-refractivity contribution >= 4 is 17.4 Å². The number of benzene rings is 2. The van der Waals surface area contributed by atoms with Crippen LogP contribution in [0.15, 0.2) is 36.4 Å². The predicted octanol–water partition coefficient (Wildman–Crippen LogP) is 3.73. The lowest BCUT2D eigenvalue weighted by molar-refractivity contribution is 0.103. The molecule has 0 aliphatic carbocycles. The van der Waals surface area contributed by atoms with Gasteiger partial charge in [0.2, 0.25) is 0 Å². The van der Waals surface area contributed by atoms with Crippen LogP contribution in [0.2, 0.25) is 5.02 Å². The molecule has 5 heteroatoms. The van der Waals surface area contributed by atoms with E-state index >= 15 is 0 Å². The van der Waals surface area contributed by atoms with E-state index in [2.05, 4.69) is 0 Å². The second-order valence-corrected chi connectivity index (χ2v) is 4.49. The molecule has 20 heavy (non-hydrogen) atoms. The van der Waals surface area contributed by atoms with Gasteiger partial charge in [-0.15, -0.1) is 0 Å². The minimum atomic E-state index is -0.554. The number of hydrogen-bond donors (Lipinski definition) is 0. The highest BCUT2D eigenvalue weighted by molar-refractivity contribution is 6.31. The first-order chi connectivity index (χ1) is 9.55. The number of carbonyl (C=O) groups is 1. The maximum Gasteiger partial charge on any atom is 0.193 e. The summed E-state index contributed by atoms with van der Waals surface area (Å²) in [6, 6.07) is 8.46. The highest BCUT2D eigenvalue weighted by Crippen LogP contribution is 2.28. The monoisotopic (exact) mass is 294 g/mol. The van der Waals surface area contributed by atoms with Crippen LogP contribution in [0.5, 0.6) is 11.5 Å². The SMILES string of the molecule is COc1ccc(C(=O)c2cc(F)cc(Cl)c2)cc1OC. The van der Waals surface area contributed by atoms with E-state index in [0.717, 1.165) is 12.1 Å². The zero-order valence-corrected chi connectivity index (χ0v) is 11.7. The second kappa shape index (κ2) is 5.92. The van der Waals surface area contributed by atoms with Crippen LogP contribution in [0.25, 0.3) is 0 Å². The predicted molar refractivity (Wildman–Crippen MR) is 74.4 cm³/mol. The van der Waals surface area contributed by atoms with Crippen molar-refractivity contribution < 1.29 is 18.7 Å². The van der Waals surface area contributed by atoms with Gasteiger partial charge in [-0.1, -0.05) is 11.6 Å². The summed E-state index contributed by atoms with van der Waals surface area (Å²) in [5, 5.41) is 0.175. The van der Waals surface area contributed by atoms with Gasteiger partial charge in [0.15, 0.2) is 17.3 Å². The van der Waals surface area contributed by atoms with Crippen molar-refractivity contribution in [2.45, 2.75) is 0 Å². The smallest absolute Gasteiger partial charge is 0.193 e. The Hall–Kier alpha value is -2.07. The van der Waals surface area contributed by atoms with Crippen LogP contribution in [0.4, 0.5) is 4.39 Å². The fraction of sp³-hybridized carbons (Fsp3) is 0.133. The summed E-state index contributed by atoms with van der Waals surface area (Å²) < 4.78 is 23.5. The molecule has 104 valence electrons. The zero-order valence-electron chi connectivity index (χ0n) is 10.9. The lowest BCUT2D eigenvalue weighted by Crippen LogP contribution is -2.03. The van der Waals surface area contributed by atoms with Gasteiger partial charge in [0.1, 0.15) is 5.82 Å². The second-order valence-electron chi connectivity index (χ2n) is 4.06. The highest BCUT2D eigenvalue weighted by Gasteiger charge is 2.14. The van der Waals surface area contributed by atoms with E-state index in [1.54, 1.807) is 18.2 Å². The molecule has 0 atom stereocenters. The van der Waals surface area contributed by atoms with Gasteiger partial charge < -0.3 is 9.47 Å². The summed E-state index contributed by atoms with van der Waals surface area (Å²) in [6.07, 6.45) is 0. The van der Waals surface area contributed by atoms with E-state index in [9.17, 15) is 9.18 Å². The number of rotatable bonds is 4. The third-order valence-corrected chi connectivity index (χ3v) is 2.99. The largest absolute Gasteiger partial charge is 0.493 e. The number of hydrogen-bond acceptors (Lipinski definition) is 3. The van der Waals surface area contributed by atoms with Gasteiger partial charge in [0, 0.05) is 16.1 Å². The molecule has 0 aromatic heterocycles. The van der Waals surface area contributed by atoms with E-state index < -0.39 is 5.82 Å². The van der Waals surface area contributed by atoms with Crippen molar-refractivity contribution in [3.05, 3.63) is 58.4 Å². The minimum absolute atomic E-state index is 0.175. The normalized spacial score (nSPS) is 10.2. The molecule has 0 radical (unpaired) electrons. The van der Waals surface area contributed by atoms with Crippen LogP contribution >= 0.6 is 11.6 Å². The third-order valence-electron chi connectivity index (χ3n) is 2.77. The number of ether oxygens (including phenoxy) is 2. The van der Waals surface area contributed by atoms with Crippen LogP contribution < -0.4 is 9.47 Å². The fourth-order valence-corrected chi connectivity index (χ4v) is 2.05. The van der Waals surface area contributed by atoms with Gasteiger partial charge in [0.05, 0.1) is 14.2 Å². The van der Waals surface area contributed by atoms with Crippen molar-refractivity contribution in [1.82, 2.24) is 0 Å². The molecule has 0 fully saturated rings. The molecular weight excluding hydrogens is 283 g/mol. The van der Waals surface area contributed by atoms with Crippen LogP contribution in [-0.4, -0.2) is 20.0 Å². The molecule has 3 nitrogen and oxygen atoms in total. The Morgan fingerprint density at radius 1 is 1.00 bits per heavy atom. The molecular formula is C15H12ClFO3. The molecule has 0 N–H and O–H groups in total. The van der Waals surface area contributed by atoms with Crippen molar-refractivity contribution in [2.24, 2.45) is 0 Å².